The average molecular weight is 359 g/mol. The Morgan fingerprint density at radius 1 is 1.12 bits per heavy atom. The molecule has 2 aromatic carbocycles. The molecule has 26 heavy (non-hydrogen) atoms. The summed E-state index contributed by atoms with van der Waals surface area (Å²) in [4.78, 5) is 24.5. The minimum atomic E-state index is -1.08. The van der Waals surface area contributed by atoms with Crippen LogP contribution in [-0.4, -0.2) is 11.0 Å². The number of aryl methyl sites for hydroxylation is 2. The van der Waals surface area contributed by atoms with E-state index >= 15 is 0 Å². The van der Waals surface area contributed by atoms with Gasteiger partial charge in [0.15, 0.2) is 11.6 Å². The van der Waals surface area contributed by atoms with Crippen molar-refractivity contribution in [2.24, 2.45) is 0 Å². The van der Waals surface area contributed by atoms with Crippen molar-refractivity contribution in [3.05, 3.63) is 69.1 Å². The molecule has 1 aromatic heterocycles. The van der Waals surface area contributed by atoms with Gasteiger partial charge in [-0.05, 0) is 43.7 Å². The Morgan fingerprint density at radius 2 is 1.85 bits per heavy atom. The number of hydrogen-bond acceptors (Lipinski definition) is 4. The first-order valence-electron chi connectivity index (χ1n) is 7.77. The maximum atomic E-state index is 13.2. The van der Waals surface area contributed by atoms with Crippen molar-refractivity contribution in [3.8, 4) is 5.75 Å². The van der Waals surface area contributed by atoms with Crippen LogP contribution in [0.4, 0.5) is 14.5 Å². The zero-order valence-corrected chi connectivity index (χ0v) is 14.0. The van der Waals surface area contributed by atoms with Crippen LogP contribution in [-0.2, 0) is 11.2 Å². The lowest BCUT2D eigenvalue weighted by Gasteiger charge is -2.10. The van der Waals surface area contributed by atoms with Crippen molar-refractivity contribution in [2.45, 2.75) is 20.3 Å². The van der Waals surface area contributed by atoms with Crippen molar-refractivity contribution < 1.29 is 23.1 Å². The molecule has 1 heterocycles. The van der Waals surface area contributed by atoms with E-state index in [4.69, 9.17) is 4.42 Å². The number of fused-ring (bicyclic) bond motifs is 1. The number of amides is 1. The molecule has 0 aliphatic heterocycles. The molecule has 5 nitrogen and oxygen atoms in total. The maximum Gasteiger partial charge on any atom is 0.340 e. The Balaban J connectivity index is 1.93. The second kappa shape index (κ2) is 6.59. The van der Waals surface area contributed by atoms with Gasteiger partial charge in [-0.3, -0.25) is 4.79 Å². The zero-order valence-electron chi connectivity index (χ0n) is 14.0. The fraction of sp³-hybridized carbons (Fsp3) is 0.158. The molecular weight excluding hydrogens is 344 g/mol. The largest absolute Gasteiger partial charge is 0.508 e. The molecule has 0 radical (unpaired) electrons. The Labute approximate surface area is 146 Å². The molecule has 3 aromatic rings. The molecule has 0 bridgehead atoms. The Bertz CT molecular complexity index is 1090. The van der Waals surface area contributed by atoms with Gasteiger partial charge >= 0.3 is 5.63 Å². The summed E-state index contributed by atoms with van der Waals surface area (Å²) in [5.41, 5.74) is 0.793. The van der Waals surface area contributed by atoms with Crippen molar-refractivity contribution in [2.75, 3.05) is 5.32 Å². The smallest absolute Gasteiger partial charge is 0.340 e. The predicted molar refractivity (Wildman–Crippen MR) is 92.3 cm³/mol. The molecule has 0 atom stereocenters. The van der Waals surface area contributed by atoms with Crippen LogP contribution in [0.15, 0.2) is 39.5 Å². The van der Waals surface area contributed by atoms with Gasteiger partial charge in [0.25, 0.3) is 0 Å². The van der Waals surface area contributed by atoms with E-state index in [1.807, 2.05) is 0 Å². The molecule has 3 rings (SSSR count). The third-order valence-corrected chi connectivity index (χ3v) is 4.22. The third kappa shape index (κ3) is 3.15. The molecule has 0 spiro atoms. The molecule has 2 N–H and O–H groups in total. The van der Waals surface area contributed by atoms with E-state index in [1.54, 1.807) is 19.9 Å². The number of anilines is 1. The molecule has 0 fully saturated rings. The van der Waals surface area contributed by atoms with E-state index in [9.17, 15) is 23.5 Å². The second-order valence-electron chi connectivity index (χ2n) is 5.93. The van der Waals surface area contributed by atoms with Crippen molar-refractivity contribution in [1.82, 2.24) is 0 Å². The van der Waals surface area contributed by atoms with Gasteiger partial charge < -0.3 is 14.8 Å². The molecule has 0 unspecified atom stereocenters. The fourth-order valence-electron chi connectivity index (χ4n) is 2.72. The normalized spacial score (nSPS) is 10.9. The lowest BCUT2D eigenvalue weighted by atomic mass is 10.0. The highest BCUT2D eigenvalue weighted by Crippen LogP contribution is 2.28. The topological polar surface area (TPSA) is 79.5 Å². The first kappa shape index (κ1) is 17.6. The van der Waals surface area contributed by atoms with Crippen molar-refractivity contribution >= 4 is 22.6 Å². The number of phenols is 1. The lowest BCUT2D eigenvalue weighted by molar-refractivity contribution is -0.115. The molecule has 1 amide bonds. The number of phenolic OH excluding ortho intramolecular Hbond substituents is 1. The maximum absolute atomic E-state index is 13.2. The van der Waals surface area contributed by atoms with Gasteiger partial charge in [0.1, 0.15) is 11.3 Å². The zero-order chi connectivity index (χ0) is 19.0. The van der Waals surface area contributed by atoms with Gasteiger partial charge in [0.05, 0.1) is 12.0 Å². The van der Waals surface area contributed by atoms with Crippen LogP contribution in [0.5, 0.6) is 5.75 Å². The van der Waals surface area contributed by atoms with Crippen LogP contribution in [0.25, 0.3) is 11.0 Å². The Morgan fingerprint density at radius 3 is 2.54 bits per heavy atom. The van der Waals surface area contributed by atoms with Gasteiger partial charge in [-0.1, -0.05) is 0 Å². The number of hydrogen-bond donors (Lipinski definition) is 2. The van der Waals surface area contributed by atoms with E-state index in [1.165, 1.54) is 12.1 Å². The first-order chi connectivity index (χ1) is 12.3. The number of nitrogens with one attached hydrogen (secondary N) is 1. The van der Waals surface area contributed by atoms with Crippen LogP contribution in [0.3, 0.4) is 0 Å². The molecule has 134 valence electrons. The summed E-state index contributed by atoms with van der Waals surface area (Å²) in [5.74, 6) is -2.67. The van der Waals surface area contributed by atoms with Crippen molar-refractivity contribution in [3.63, 3.8) is 0 Å². The quantitative estimate of drug-likeness (QED) is 0.701. The number of benzene rings is 2. The van der Waals surface area contributed by atoms with Crippen LogP contribution in [0, 0.1) is 25.5 Å². The molecular formula is C19H15F2NO4. The van der Waals surface area contributed by atoms with Crippen molar-refractivity contribution in [1.29, 1.82) is 0 Å². The number of halogens is 2. The summed E-state index contributed by atoms with van der Waals surface area (Å²) in [6.45, 7) is 3.30. The van der Waals surface area contributed by atoms with Gasteiger partial charge in [0, 0.05) is 22.7 Å². The van der Waals surface area contributed by atoms with E-state index in [0.29, 0.717) is 16.5 Å². The molecule has 0 aliphatic rings. The Hall–Kier alpha value is -3.22. The summed E-state index contributed by atoms with van der Waals surface area (Å²) in [6, 6.07) is 6.06. The number of rotatable bonds is 3. The highest BCUT2D eigenvalue weighted by Gasteiger charge is 2.17. The van der Waals surface area contributed by atoms with Gasteiger partial charge in [-0.25, -0.2) is 13.6 Å². The number of carbonyl (C=O) groups excluding carboxylic acids is 1. The molecule has 0 saturated carbocycles. The molecule has 0 aliphatic carbocycles. The monoisotopic (exact) mass is 359 g/mol. The number of carbonyl (C=O) groups is 1. The van der Waals surface area contributed by atoms with Crippen LogP contribution in [0.1, 0.15) is 16.7 Å². The predicted octanol–water partition coefficient (Wildman–Crippen LogP) is 3.57. The van der Waals surface area contributed by atoms with E-state index < -0.39 is 23.2 Å². The van der Waals surface area contributed by atoms with Crippen LogP contribution >= 0.6 is 0 Å². The SMILES string of the molecule is Cc1c(CC(=O)Nc2ccc(F)c(F)c2)c(=O)oc2c(C)c(O)ccc12. The van der Waals surface area contributed by atoms with Crippen LogP contribution in [0.2, 0.25) is 0 Å². The minimum Gasteiger partial charge on any atom is -0.508 e. The first-order valence-corrected chi connectivity index (χ1v) is 7.77. The van der Waals surface area contributed by atoms with Gasteiger partial charge in [0.2, 0.25) is 5.91 Å². The average Bonchev–Trinajstić information content (AvgIpc) is 2.58. The number of aromatic hydroxyl groups is 1. The third-order valence-electron chi connectivity index (χ3n) is 4.22. The fourth-order valence-corrected chi connectivity index (χ4v) is 2.72. The van der Waals surface area contributed by atoms with Crippen LogP contribution < -0.4 is 10.9 Å². The highest BCUT2D eigenvalue weighted by molar-refractivity contribution is 5.93. The van der Waals surface area contributed by atoms with Gasteiger partial charge in [-0.15, -0.1) is 0 Å². The summed E-state index contributed by atoms with van der Waals surface area (Å²) in [7, 11) is 0. The lowest BCUT2D eigenvalue weighted by Crippen LogP contribution is -2.20. The van der Waals surface area contributed by atoms with Gasteiger partial charge in [-0.2, -0.15) is 0 Å². The van der Waals surface area contributed by atoms with E-state index in [-0.39, 0.29) is 29.0 Å². The standard InChI is InChI=1S/C19H15F2NO4/c1-9-12-4-6-16(23)10(2)18(12)26-19(25)13(9)8-17(24)22-11-3-5-14(20)15(21)7-11/h3-7,23H,8H2,1-2H3,(H,22,24). The Kier molecular flexibility index (Phi) is 4.46. The van der Waals surface area contributed by atoms with E-state index in [0.717, 1.165) is 12.1 Å². The summed E-state index contributed by atoms with van der Waals surface area (Å²) < 4.78 is 31.4. The second-order valence-corrected chi connectivity index (χ2v) is 5.93. The van der Waals surface area contributed by atoms with E-state index in [2.05, 4.69) is 5.32 Å². The summed E-state index contributed by atoms with van der Waals surface area (Å²) in [6.07, 6.45) is -0.289. The summed E-state index contributed by atoms with van der Waals surface area (Å²) >= 11 is 0. The minimum absolute atomic E-state index is 0.00359. The summed E-state index contributed by atoms with van der Waals surface area (Å²) in [5, 5.41) is 12.8. The highest BCUT2D eigenvalue weighted by atomic mass is 19.2. The molecule has 7 heteroatoms. The molecule has 0 saturated heterocycles.